The predicted octanol–water partition coefficient (Wildman–Crippen LogP) is 4.79. The second kappa shape index (κ2) is 9.94. The first-order valence-electron chi connectivity index (χ1n) is 9.21. The highest BCUT2D eigenvalue weighted by molar-refractivity contribution is 14.1. The maximum Gasteiger partial charge on any atom is 0.321 e. The lowest BCUT2D eigenvalue weighted by Gasteiger charge is -2.11. The number of pyridine rings is 1. The van der Waals surface area contributed by atoms with Crippen LogP contribution in [0.2, 0.25) is 0 Å². The summed E-state index contributed by atoms with van der Waals surface area (Å²) in [4.78, 5) is 15.0. The van der Waals surface area contributed by atoms with E-state index in [0.29, 0.717) is 31.0 Å². The molecule has 156 valence electrons. The molecule has 0 unspecified atom stereocenters. The lowest BCUT2D eigenvalue weighted by atomic mass is 10.1. The van der Waals surface area contributed by atoms with Gasteiger partial charge < -0.3 is 15.8 Å². The molecule has 0 spiro atoms. The summed E-state index contributed by atoms with van der Waals surface area (Å²) in [7, 11) is 0. The standard InChI is InChI=1S/C22H20F2IN3O2/c23-22(24,25)17-3-1-2-15(12-17)10-11-27-13-16-4-6-18(7-5-16)30-19-8-9-20(21(26)29)28-14-19/h1-9,12,14,27H,10-11,13H2,(H2,26,29). The lowest BCUT2D eigenvalue weighted by Crippen LogP contribution is -2.16. The van der Waals surface area contributed by atoms with Crippen LogP contribution in [-0.4, -0.2) is 17.4 Å². The van der Waals surface area contributed by atoms with E-state index >= 15 is 0 Å². The first-order valence-corrected chi connectivity index (χ1v) is 10.3. The van der Waals surface area contributed by atoms with Gasteiger partial charge >= 0.3 is 3.93 Å². The van der Waals surface area contributed by atoms with Crippen LogP contribution in [0, 0.1) is 0 Å². The Morgan fingerprint density at radius 3 is 2.43 bits per heavy atom. The molecule has 0 atom stereocenters. The maximum absolute atomic E-state index is 13.4. The van der Waals surface area contributed by atoms with Crippen molar-refractivity contribution in [3.63, 3.8) is 0 Å². The average Bonchev–Trinajstić information content (AvgIpc) is 2.72. The number of nitrogens with zero attached hydrogens (tertiary/aromatic N) is 1. The Morgan fingerprint density at radius 1 is 1.07 bits per heavy atom. The zero-order chi connectivity index (χ0) is 21.6. The van der Waals surface area contributed by atoms with Crippen LogP contribution in [-0.2, 0) is 16.9 Å². The van der Waals surface area contributed by atoms with Gasteiger partial charge in [-0.2, -0.15) is 8.78 Å². The number of nitrogens with one attached hydrogen (secondary N) is 1. The van der Waals surface area contributed by atoms with Crippen LogP contribution in [0.3, 0.4) is 0 Å². The molecule has 0 saturated heterocycles. The molecular weight excluding hydrogens is 503 g/mol. The fourth-order valence-electron chi connectivity index (χ4n) is 2.77. The average molecular weight is 523 g/mol. The number of primary amides is 1. The summed E-state index contributed by atoms with van der Waals surface area (Å²) in [5.41, 5.74) is 7.30. The number of aromatic nitrogens is 1. The van der Waals surface area contributed by atoms with Gasteiger partial charge in [0.05, 0.1) is 6.20 Å². The first kappa shape index (κ1) is 22.1. The number of halogens is 3. The van der Waals surface area contributed by atoms with Crippen LogP contribution in [0.15, 0.2) is 66.9 Å². The van der Waals surface area contributed by atoms with Gasteiger partial charge in [0.15, 0.2) is 0 Å². The van der Waals surface area contributed by atoms with Crippen molar-refractivity contribution in [3.8, 4) is 11.5 Å². The molecule has 1 heterocycles. The summed E-state index contributed by atoms with van der Waals surface area (Å²) in [6.45, 7) is 1.32. The van der Waals surface area contributed by atoms with Crippen molar-refractivity contribution in [2.75, 3.05) is 6.54 Å². The smallest absolute Gasteiger partial charge is 0.321 e. The molecule has 1 aromatic heterocycles. The third kappa shape index (κ3) is 6.46. The fourth-order valence-corrected chi connectivity index (χ4v) is 3.10. The second-order valence-electron chi connectivity index (χ2n) is 6.61. The zero-order valence-electron chi connectivity index (χ0n) is 15.9. The molecule has 1 amide bonds. The molecule has 30 heavy (non-hydrogen) atoms. The van der Waals surface area contributed by atoms with Gasteiger partial charge in [-0.1, -0.05) is 30.3 Å². The van der Waals surface area contributed by atoms with Gasteiger partial charge in [-0.15, -0.1) is 0 Å². The van der Waals surface area contributed by atoms with Crippen LogP contribution in [0.4, 0.5) is 8.78 Å². The largest absolute Gasteiger partial charge is 0.456 e. The van der Waals surface area contributed by atoms with Gasteiger partial charge in [-0.3, -0.25) is 4.79 Å². The number of carbonyl (C=O) groups excluding carboxylic acids is 1. The molecule has 0 radical (unpaired) electrons. The summed E-state index contributed by atoms with van der Waals surface area (Å²) < 4.78 is 29.6. The maximum atomic E-state index is 13.4. The van der Waals surface area contributed by atoms with Crippen molar-refractivity contribution in [2.45, 2.75) is 16.9 Å². The van der Waals surface area contributed by atoms with Crippen molar-refractivity contribution < 1.29 is 18.3 Å². The van der Waals surface area contributed by atoms with E-state index in [1.165, 1.54) is 18.3 Å². The van der Waals surface area contributed by atoms with Crippen molar-refractivity contribution >= 4 is 28.5 Å². The molecule has 3 N–H and O–H groups in total. The van der Waals surface area contributed by atoms with Crippen LogP contribution >= 0.6 is 22.6 Å². The van der Waals surface area contributed by atoms with Crippen LogP contribution < -0.4 is 15.8 Å². The number of nitrogens with two attached hydrogens (primary N) is 1. The Kier molecular flexibility index (Phi) is 7.33. The molecule has 0 aliphatic heterocycles. The molecule has 0 aliphatic rings. The fraction of sp³-hybridized carbons (Fsp3) is 0.182. The summed E-state index contributed by atoms with van der Waals surface area (Å²) in [5, 5.41) is 3.31. The lowest BCUT2D eigenvalue weighted by molar-refractivity contribution is 0.0995. The van der Waals surface area contributed by atoms with Crippen molar-refractivity contribution in [1.82, 2.24) is 10.3 Å². The summed E-state index contributed by atoms with van der Waals surface area (Å²) in [6, 6.07) is 17.2. The Hall–Kier alpha value is -2.59. The molecule has 0 saturated carbocycles. The van der Waals surface area contributed by atoms with E-state index < -0.39 is 9.84 Å². The van der Waals surface area contributed by atoms with E-state index in [-0.39, 0.29) is 11.3 Å². The second-order valence-corrected chi connectivity index (χ2v) is 7.97. The zero-order valence-corrected chi connectivity index (χ0v) is 18.1. The molecule has 0 bridgehead atoms. The third-order valence-corrected chi connectivity index (χ3v) is 4.94. The van der Waals surface area contributed by atoms with Gasteiger partial charge in [0.1, 0.15) is 17.2 Å². The van der Waals surface area contributed by atoms with E-state index in [2.05, 4.69) is 10.3 Å². The molecule has 0 aliphatic carbocycles. The number of carbonyl (C=O) groups is 1. The minimum Gasteiger partial charge on any atom is -0.456 e. The van der Waals surface area contributed by atoms with Gasteiger partial charge in [0, 0.05) is 34.7 Å². The Labute approximate surface area is 186 Å². The van der Waals surface area contributed by atoms with Gasteiger partial charge in [0.2, 0.25) is 0 Å². The molecule has 0 fully saturated rings. The molecule has 3 aromatic rings. The number of amides is 1. The first-order chi connectivity index (χ1) is 14.3. The van der Waals surface area contributed by atoms with Crippen molar-refractivity contribution in [3.05, 3.63) is 89.2 Å². The normalized spacial score (nSPS) is 11.3. The molecular formula is C22H20F2IN3O2. The highest BCUT2D eigenvalue weighted by Gasteiger charge is 2.26. The van der Waals surface area contributed by atoms with E-state index in [9.17, 15) is 13.6 Å². The topological polar surface area (TPSA) is 77.2 Å². The SMILES string of the molecule is NC(=O)c1ccc(Oc2ccc(CNCCc3cccc(C(F)(F)I)c3)cc2)cn1. The van der Waals surface area contributed by atoms with Gasteiger partial charge in [-0.25, -0.2) is 4.98 Å². The summed E-state index contributed by atoms with van der Waals surface area (Å²) in [5.74, 6) is 0.558. The highest BCUT2D eigenvalue weighted by atomic mass is 127. The number of benzene rings is 2. The van der Waals surface area contributed by atoms with Gasteiger partial charge in [0.25, 0.3) is 5.91 Å². The number of hydrogen-bond acceptors (Lipinski definition) is 4. The predicted molar refractivity (Wildman–Crippen MR) is 119 cm³/mol. The Morgan fingerprint density at radius 2 is 1.80 bits per heavy atom. The summed E-state index contributed by atoms with van der Waals surface area (Å²) in [6.07, 6.45) is 2.11. The van der Waals surface area contributed by atoms with Crippen LogP contribution in [0.25, 0.3) is 0 Å². The Bertz CT molecular complexity index is 991. The Balaban J connectivity index is 1.46. The van der Waals surface area contributed by atoms with Crippen LogP contribution in [0.5, 0.6) is 11.5 Å². The molecule has 2 aromatic carbocycles. The minimum atomic E-state index is -2.86. The van der Waals surface area contributed by atoms with E-state index in [1.807, 2.05) is 30.3 Å². The monoisotopic (exact) mass is 523 g/mol. The van der Waals surface area contributed by atoms with Crippen molar-refractivity contribution in [1.29, 1.82) is 0 Å². The van der Waals surface area contributed by atoms with Crippen molar-refractivity contribution in [2.24, 2.45) is 5.73 Å². The highest BCUT2D eigenvalue weighted by Crippen LogP contribution is 2.35. The third-order valence-electron chi connectivity index (χ3n) is 4.32. The number of ether oxygens (including phenoxy) is 1. The quantitative estimate of drug-likeness (QED) is 0.240. The van der Waals surface area contributed by atoms with Crippen LogP contribution in [0.1, 0.15) is 27.2 Å². The summed E-state index contributed by atoms with van der Waals surface area (Å²) >= 11 is 1.14. The number of rotatable bonds is 9. The van der Waals surface area contributed by atoms with Gasteiger partial charge in [-0.05, 0) is 54.4 Å². The molecule has 5 nitrogen and oxygen atoms in total. The number of alkyl halides is 3. The van der Waals surface area contributed by atoms with E-state index in [0.717, 1.165) is 33.7 Å². The van der Waals surface area contributed by atoms with E-state index in [1.54, 1.807) is 18.2 Å². The molecule has 3 rings (SSSR count). The number of hydrogen-bond donors (Lipinski definition) is 2. The minimum absolute atomic E-state index is 0.0238. The molecule has 8 heteroatoms. The van der Waals surface area contributed by atoms with E-state index in [4.69, 9.17) is 10.5 Å².